The Balaban J connectivity index is 2.04. The fourth-order valence-corrected chi connectivity index (χ4v) is 2.81. The molecule has 1 saturated heterocycles. The van der Waals surface area contributed by atoms with Crippen LogP contribution in [0.3, 0.4) is 0 Å². The maximum Gasteiger partial charge on any atom is 0.236 e. The summed E-state index contributed by atoms with van der Waals surface area (Å²) in [6, 6.07) is 3.70. The van der Waals surface area contributed by atoms with Gasteiger partial charge in [-0.05, 0) is 13.1 Å². The highest BCUT2D eigenvalue weighted by molar-refractivity contribution is 5.78. The number of hydrogen-bond acceptors (Lipinski definition) is 6. The van der Waals surface area contributed by atoms with E-state index in [1.807, 2.05) is 22.9 Å². The van der Waals surface area contributed by atoms with Crippen LogP contribution in [0.15, 0.2) is 12.1 Å². The van der Waals surface area contributed by atoms with Gasteiger partial charge in [0.2, 0.25) is 5.91 Å². The number of carbonyl (C=O) groups excluding carboxylic acids is 1. The number of ether oxygens (including phenoxy) is 3. The van der Waals surface area contributed by atoms with Gasteiger partial charge >= 0.3 is 0 Å². The van der Waals surface area contributed by atoms with E-state index in [0.717, 1.165) is 31.7 Å². The summed E-state index contributed by atoms with van der Waals surface area (Å²) in [6.45, 7) is 4.22. The van der Waals surface area contributed by atoms with Crippen LogP contribution in [0.4, 0.5) is 0 Å². The number of likely N-dealkylation sites (N-methyl/N-ethyl adjacent to an activating group) is 1. The molecule has 24 heavy (non-hydrogen) atoms. The van der Waals surface area contributed by atoms with E-state index in [1.165, 1.54) is 0 Å². The van der Waals surface area contributed by atoms with Crippen molar-refractivity contribution in [3.05, 3.63) is 17.7 Å². The van der Waals surface area contributed by atoms with Crippen molar-refractivity contribution < 1.29 is 19.0 Å². The molecular formula is C17H27N3O4. The molecule has 0 radical (unpaired) electrons. The minimum Gasteiger partial charge on any atom is -0.496 e. The number of carbonyl (C=O) groups is 1. The van der Waals surface area contributed by atoms with Crippen LogP contribution in [0.1, 0.15) is 5.56 Å². The van der Waals surface area contributed by atoms with Crippen molar-refractivity contribution in [2.24, 2.45) is 0 Å². The van der Waals surface area contributed by atoms with Crippen molar-refractivity contribution in [2.45, 2.75) is 6.54 Å². The molecule has 1 amide bonds. The van der Waals surface area contributed by atoms with Crippen molar-refractivity contribution in [1.82, 2.24) is 15.1 Å². The average molecular weight is 337 g/mol. The lowest BCUT2D eigenvalue weighted by molar-refractivity contribution is -0.132. The highest BCUT2D eigenvalue weighted by Gasteiger charge is 2.19. The molecule has 1 aromatic carbocycles. The highest BCUT2D eigenvalue weighted by Crippen LogP contribution is 2.35. The van der Waals surface area contributed by atoms with Crippen molar-refractivity contribution in [2.75, 3.05) is 61.1 Å². The standard InChI is InChI=1S/C17H27N3O4/c1-19(12-17(21)20-7-5-18-6-8-20)11-13-9-15(23-3)16(24-4)10-14(13)22-2/h9-10,18H,5-8,11-12H2,1-4H3. The number of methoxy groups -OCH3 is 3. The van der Waals surface area contributed by atoms with Gasteiger partial charge < -0.3 is 24.4 Å². The summed E-state index contributed by atoms with van der Waals surface area (Å²) in [5.74, 6) is 2.14. The van der Waals surface area contributed by atoms with E-state index in [2.05, 4.69) is 5.32 Å². The van der Waals surface area contributed by atoms with Crippen LogP contribution in [0, 0.1) is 0 Å². The van der Waals surface area contributed by atoms with E-state index >= 15 is 0 Å². The van der Waals surface area contributed by atoms with Crippen LogP contribution in [-0.4, -0.2) is 76.8 Å². The minimum atomic E-state index is 0.151. The molecule has 0 bridgehead atoms. The summed E-state index contributed by atoms with van der Waals surface area (Å²) in [5.41, 5.74) is 0.950. The molecular weight excluding hydrogens is 310 g/mol. The zero-order valence-corrected chi connectivity index (χ0v) is 14.9. The van der Waals surface area contributed by atoms with Gasteiger partial charge in [-0.1, -0.05) is 0 Å². The zero-order chi connectivity index (χ0) is 17.5. The maximum absolute atomic E-state index is 12.4. The predicted molar refractivity (Wildman–Crippen MR) is 91.9 cm³/mol. The Morgan fingerprint density at radius 2 is 1.67 bits per heavy atom. The average Bonchev–Trinajstić information content (AvgIpc) is 2.61. The molecule has 1 fully saturated rings. The van der Waals surface area contributed by atoms with Crippen molar-refractivity contribution in [3.8, 4) is 17.2 Å². The molecule has 2 rings (SSSR count). The van der Waals surface area contributed by atoms with Crippen LogP contribution >= 0.6 is 0 Å². The first-order chi connectivity index (χ1) is 11.6. The summed E-state index contributed by atoms with van der Waals surface area (Å²) in [4.78, 5) is 16.2. The Bertz CT molecular complexity index is 559. The Morgan fingerprint density at radius 3 is 2.25 bits per heavy atom. The molecule has 7 heteroatoms. The fraction of sp³-hybridized carbons (Fsp3) is 0.588. The van der Waals surface area contributed by atoms with Gasteiger partial charge in [-0.25, -0.2) is 0 Å². The molecule has 0 atom stereocenters. The van der Waals surface area contributed by atoms with E-state index in [1.54, 1.807) is 27.4 Å². The topological polar surface area (TPSA) is 63.3 Å². The number of amides is 1. The monoisotopic (exact) mass is 337 g/mol. The first-order valence-corrected chi connectivity index (χ1v) is 8.05. The quantitative estimate of drug-likeness (QED) is 0.785. The van der Waals surface area contributed by atoms with E-state index in [-0.39, 0.29) is 5.91 Å². The van der Waals surface area contributed by atoms with Crippen molar-refractivity contribution >= 4 is 5.91 Å². The molecule has 1 aliphatic rings. The fourth-order valence-electron chi connectivity index (χ4n) is 2.81. The van der Waals surface area contributed by atoms with E-state index in [9.17, 15) is 4.79 Å². The predicted octanol–water partition coefficient (Wildman–Crippen LogP) is 0.576. The molecule has 0 unspecified atom stereocenters. The number of rotatable bonds is 7. The molecule has 0 saturated carbocycles. The van der Waals surface area contributed by atoms with E-state index in [4.69, 9.17) is 14.2 Å². The third-order valence-electron chi connectivity index (χ3n) is 4.10. The Morgan fingerprint density at radius 1 is 1.08 bits per heavy atom. The molecule has 1 N–H and O–H groups in total. The van der Waals surface area contributed by atoms with Crippen LogP contribution in [0.25, 0.3) is 0 Å². The van der Waals surface area contributed by atoms with Gasteiger partial charge in [-0.15, -0.1) is 0 Å². The Labute approximate surface area is 143 Å². The number of nitrogens with zero attached hydrogens (tertiary/aromatic N) is 2. The Kier molecular flexibility index (Phi) is 6.69. The van der Waals surface area contributed by atoms with Crippen LogP contribution in [0.2, 0.25) is 0 Å². The smallest absolute Gasteiger partial charge is 0.236 e. The van der Waals surface area contributed by atoms with Crippen molar-refractivity contribution in [3.63, 3.8) is 0 Å². The van der Waals surface area contributed by atoms with Crippen LogP contribution < -0.4 is 19.5 Å². The largest absolute Gasteiger partial charge is 0.496 e. The maximum atomic E-state index is 12.4. The second kappa shape index (κ2) is 8.75. The highest BCUT2D eigenvalue weighted by atomic mass is 16.5. The molecule has 1 aliphatic heterocycles. The molecule has 0 aliphatic carbocycles. The first kappa shape index (κ1) is 18.4. The summed E-state index contributed by atoms with van der Waals surface area (Å²) in [6.07, 6.45) is 0. The molecule has 1 aromatic rings. The minimum absolute atomic E-state index is 0.151. The number of benzene rings is 1. The second-order valence-corrected chi connectivity index (χ2v) is 5.82. The molecule has 134 valence electrons. The zero-order valence-electron chi connectivity index (χ0n) is 14.9. The lowest BCUT2D eigenvalue weighted by Gasteiger charge is -2.29. The van der Waals surface area contributed by atoms with Gasteiger partial charge in [0.25, 0.3) is 0 Å². The third-order valence-corrected chi connectivity index (χ3v) is 4.10. The molecule has 0 aromatic heterocycles. The van der Waals surface area contributed by atoms with E-state index in [0.29, 0.717) is 30.3 Å². The second-order valence-electron chi connectivity index (χ2n) is 5.82. The van der Waals surface area contributed by atoms with Gasteiger partial charge in [-0.2, -0.15) is 0 Å². The number of nitrogens with one attached hydrogen (secondary N) is 1. The van der Waals surface area contributed by atoms with Crippen LogP contribution in [0.5, 0.6) is 17.2 Å². The van der Waals surface area contributed by atoms with Gasteiger partial charge in [0.05, 0.1) is 27.9 Å². The van der Waals surface area contributed by atoms with Gasteiger partial charge in [0.1, 0.15) is 5.75 Å². The number of hydrogen-bond donors (Lipinski definition) is 1. The SMILES string of the molecule is COc1cc(OC)c(OC)cc1CN(C)CC(=O)N1CCNCC1. The lowest BCUT2D eigenvalue weighted by Crippen LogP contribution is -2.49. The summed E-state index contributed by atoms with van der Waals surface area (Å²) >= 11 is 0. The number of piperazine rings is 1. The molecule has 1 heterocycles. The molecule has 0 spiro atoms. The molecule has 7 nitrogen and oxygen atoms in total. The summed E-state index contributed by atoms with van der Waals surface area (Å²) < 4.78 is 16.1. The normalized spacial score (nSPS) is 14.6. The van der Waals surface area contributed by atoms with Crippen LogP contribution in [-0.2, 0) is 11.3 Å². The van der Waals surface area contributed by atoms with Crippen molar-refractivity contribution in [1.29, 1.82) is 0 Å². The summed E-state index contributed by atoms with van der Waals surface area (Å²) in [7, 11) is 6.74. The Hall–Kier alpha value is -1.99. The lowest BCUT2D eigenvalue weighted by atomic mass is 10.1. The van der Waals surface area contributed by atoms with Gasteiger partial charge in [0, 0.05) is 44.4 Å². The van der Waals surface area contributed by atoms with E-state index < -0.39 is 0 Å². The third kappa shape index (κ3) is 4.52. The first-order valence-electron chi connectivity index (χ1n) is 8.05. The summed E-state index contributed by atoms with van der Waals surface area (Å²) in [5, 5.41) is 3.25. The van der Waals surface area contributed by atoms with Gasteiger partial charge in [0.15, 0.2) is 11.5 Å². The van der Waals surface area contributed by atoms with Gasteiger partial charge in [-0.3, -0.25) is 9.69 Å².